The van der Waals surface area contributed by atoms with E-state index in [0.717, 1.165) is 0 Å². The highest BCUT2D eigenvalue weighted by molar-refractivity contribution is 7.92. The van der Waals surface area contributed by atoms with Crippen LogP contribution in [0.2, 0.25) is 10.0 Å². The normalized spacial score (nSPS) is 12.6. The molecule has 0 spiro atoms. The van der Waals surface area contributed by atoms with Gasteiger partial charge in [0.25, 0.3) is 15.9 Å². The molecule has 34 heavy (non-hydrogen) atoms. The van der Waals surface area contributed by atoms with Gasteiger partial charge in [-0.1, -0.05) is 56.1 Å². The third-order valence-corrected chi connectivity index (χ3v) is 6.78. The second-order valence-electron chi connectivity index (χ2n) is 8.81. The minimum atomic E-state index is -3.87. The molecule has 0 aromatic heterocycles. The first kappa shape index (κ1) is 25.9. The minimum absolute atomic E-state index is 0.0184. The van der Waals surface area contributed by atoms with Crippen molar-refractivity contribution >= 4 is 50.5 Å². The molecule has 3 aromatic rings. The average molecular weight is 521 g/mol. The van der Waals surface area contributed by atoms with E-state index in [1.807, 2.05) is 24.3 Å². The highest BCUT2D eigenvalue weighted by atomic mass is 35.5. The Hall–Kier alpha value is -2.74. The van der Waals surface area contributed by atoms with Crippen molar-refractivity contribution < 1.29 is 17.9 Å². The molecular weight excluding hydrogens is 495 g/mol. The van der Waals surface area contributed by atoms with E-state index in [9.17, 15) is 13.2 Å². The molecule has 2 N–H and O–H groups in total. The third-order valence-electron chi connectivity index (χ3n) is 4.95. The maximum atomic E-state index is 12.7. The smallest absolute Gasteiger partial charge is 0.265 e. The SMILES string of the molecule is CC(Oc1ccc(C(C)(C)C)cc1)C(=O)Nc1ccc(S(=O)(=O)Nc2cc(Cl)cc(Cl)c2)cc1. The predicted molar refractivity (Wildman–Crippen MR) is 138 cm³/mol. The van der Waals surface area contributed by atoms with Crippen LogP contribution in [0.15, 0.2) is 71.6 Å². The Morgan fingerprint density at radius 1 is 0.882 bits per heavy atom. The molecule has 0 aliphatic heterocycles. The Balaban J connectivity index is 1.62. The number of anilines is 2. The molecule has 0 fully saturated rings. The average Bonchev–Trinajstić information content (AvgIpc) is 2.72. The Bertz CT molecular complexity index is 1250. The summed E-state index contributed by atoms with van der Waals surface area (Å²) in [6.07, 6.45) is -0.752. The van der Waals surface area contributed by atoms with Gasteiger partial charge in [0.05, 0.1) is 10.6 Å². The fourth-order valence-electron chi connectivity index (χ4n) is 3.08. The van der Waals surface area contributed by atoms with Gasteiger partial charge in [-0.15, -0.1) is 0 Å². The van der Waals surface area contributed by atoms with Gasteiger partial charge in [0.15, 0.2) is 6.10 Å². The number of hydrogen-bond acceptors (Lipinski definition) is 4. The number of nitrogens with one attached hydrogen (secondary N) is 2. The number of halogens is 2. The second kappa shape index (κ2) is 10.3. The number of carbonyl (C=O) groups is 1. The molecule has 180 valence electrons. The first-order valence-electron chi connectivity index (χ1n) is 10.5. The predicted octanol–water partition coefficient (Wildman–Crippen LogP) is 6.50. The van der Waals surface area contributed by atoms with E-state index in [-0.39, 0.29) is 21.9 Å². The first-order valence-corrected chi connectivity index (χ1v) is 12.7. The van der Waals surface area contributed by atoms with E-state index in [1.165, 1.54) is 48.0 Å². The summed E-state index contributed by atoms with van der Waals surface area (Å²) >= 11 is 11.9. The van der Waals surface area contributed by atoms with Crippen LogP contribution in [0, 0.1) is 0 Å². The number of amides is 1. The fraction of sp³-hybridized carbons (Fsp3) is 0.240. The molecule has 9 heteroatoms. The summed E-state index contributed by atoms with van der Waals surface area (Å²) in [5, 5.41) is 3.35. The molecule has 1 atom stereocenters. The standard InChI is InChI=1S/C25H26Cl2N2O4S/c1-16(33-22-9-5-17(6-10-22)25(2,3)4)24(30)28-20-7-11-23(12-8-20)34(31,32)29-21-14-18(26)13-19(27)15-21/h5-16,29H,1-4H3,(H,28,30). The van der Waals surface area contributed by atoms with Crippen molar-refractivity contribution in [3.05, 3.63) is 82.3 Å². The summed E-state index contributed by atoms with van der Waals surface area (Å²) in [6.45, 7) is 8.01. The zero-order valence-corrected chi connectivity index (χ0v) is 21.6. The number of carbonyl (C=O) groups excluding carboxylic acids is 1. The van der Waals surface area contributed by atoms with Crippen LogP contribution in [0.3, 0.4) is 0 Å². The van der Waals surface area contributed by atoms with Gasteiger partial charge in [0, 0.05) is 15.7 Å². The molecular formula is C25H26Cl2N2O4S. The van der Waals surface area contributed by atoms with E-state index in [0.29, 0.717) is 21.5 Å². The van der Waals surface area contributed by atoms with Gasteiger partial charge in [-0.25, -0.2) is 8.42 Å². The maximum Gasteiger partial charge on any atom is 0.265 e. The number of sulfonamides is 1. The van der Waals surface area contributed by atoms with Crippen molar-refractivity contribution in [2.45, 2.75) is 44.1 Å². The Morgan fingerprint density at radius 3 is 1.97 bits per heavy atom. The third kappa shape index (κ3) is 6.88. The van der Waals surface area contributed by atoms with Crippen LogP contribution < -0.4 is 14.8 Å². The van der Waals surface area contributed by atoms with Gasteiger partial charge in [0.2, 0.25) is 0 Å². The molecule has 0 saturated heterocycles. The van der Waals surface area contributed by atoms with Gasteiger partial charge in [-0.05, 0) is 72.5 Å². The lowest BCUT2D eigenvalue weighted by Crippen LogP contribution is -2.30. The van der Waals surface area contributed by atoms with Crippen LogP contribution in [-0.2, 0) is 20.2 Å². The van der Waals surface area contributed by atoms with E-state index in [1.54, 1.807) is 6.92 Å². The van der Waals surface area contributed by atoms with Gasteiger partial charge >= 0.3 is 0 Å². The second-order valence-corrected chi connectivity index (χ2v) is 11.4. The summed E-state index contributed by atoms with van der Waals surface area (Å²) in [4.78, 5) is 12.6. The molecule has 6 nitrogen and oxygen atoms in total. The van der Waals surface area contributed by atoms with Crippen LogP contribution in [-0.4, -0.2) is 20.4 Å². The van der Waals surface area contributed by atoms with Crippen LogP contribution in [0.5, 0.6) is 5.75 Å². The van der Waals surface area contributed by atoms with Crippen LogP contribution >= 0.6 is 23.2 Å². The van der Waals surface area contributed by atoms with E-state index in [2.05, 4.69) is 30.8 Å². The quantitative estimate of drug-likeness (QED) is 0.372. The molecule has 1 amide bonds. The topological polar surface area (TPSA) is 84.5 Å². The zero-order valence-electron chi connectivity index (χ0n) is 19.2. The van der Waals surface area contributed by atoms with Crippen LogP contribution in [0.25, 0.3) is 0 Å². The molecule has 0 bridgehead atoms. The van der Waals surface area contributed by atoms with Crippen molar-refractivity contribution in [1.82, 2.24) is 0 Å². The largest absolute Gasteiger partial charge is 0.481 e. The number of hydrogen-bond donors (Lipinski definition) is 2. The molecule has 0 radical (unpaired) electrons. The summed E-state index contributed by atoms with van der Waals surface area (Å²) in [6, 6.07) is 17.8. The first-order chi connectivity index (χ1) is 15.8. The summed E-state index contributed by atoms with van der Waals surface area (Å²) in [5.41, 5.74) is 1.88. The molecule has 0 aliphatic rings. The van der Waals surface area contributed by atoms with Crippen molar-refractivity contribution in [1.29, 1.82) is 0 Å². The lowest BCUT2D eigenvalue weighted by molar-refractivity contribution is -0.122. The summed E-state index contributed by atoms with van der Waals surface area (Å²) in [7, 11) is -3.87. The molecule has 3 aromatic carbocycles. The van der Waals surface area contributed by atoms with Gasteiger partial charge in [-0.3, -0.25) is 9.52 Å². The molecule has 3 rings (SSSR count). The molecule has 0 heterocycles. The fourth-order valence-corrected chi connectivity index (χ4v) is 4.65. The monoisotopic (exact) mass is 520 g/mol. The van der Waals surface area contributed by atoms with Crippen molar-refractivity contribution in [3.63, 3.8) is 0 Å². The van der Waals surface area contributed by atoms with Crippen molar-refractivity contribution in [3.8, 4) is 5.75 Å². The highest BCUT2D eigenvalue weighted by Gasteiger charge is 2.18. The number of ether oxygens (including phenoxy) is 1. The number of benzene rings is 3. The van der Waals surface area contributed by atoms with Gasteiger partial charge in [-0.2, -0.15) is 0 Å². The highest BCUT2D eigenvalue weighted by Crippen LogP contribution is 2.26. The molecule has 1 unspecified atom stereocenters. The van der Waals surface area contributed by atoms with Gasteiger partial charge in [0.1, 0.15) is 5.75 Å². The minimum Gasteiger partial charge on any atom is -0.481 e. The maximum absolute atomic E-state index is 12.7. The van der Waals surface area contributed by atoms with Crippen molar-refractivity contribution in [2.24, 2.45) is 0 Å². The van der Waals surface area contributed by atoms with Crippen LogP contribution in [0.1, 0.15) is 33.3 Å². The lowest BCUT2D eigenvalue weighted by atomic mass is 9.87. The molecule has 0 saturated carbocycles. The van der Waals surface area contributed by atoms with Crippen LogP contribution in [0.4, 0.5) is 11.4 Å². The molecule has 0 aliphatic carbocycles. The van der Waals surface area contributed by atoms with E-state index >= 15 is 0 Å². The van der Waals surface area contributed by atoms with E-state index < -0.39 is 16.1 Å². The van der Waals surface area contributed by atoms with Crippen molar-refractivity contribution in [2.75, 3.05) is 10.0 Å². The Labute approximate surface area is 210 Å². The Kier molecular flexibility index (Phi) is 7.81. The summed E-state index contributed by atoms with van der Waals surface area (Å²) < 4.78 is 33.5. The lowest BCUT2D eigenvalue weighted by Gasteiger charge is -2.20. The van der Waals surface area contributed by atoms with Gasteiger partial charge < -0.3 is 10.1 Å². The Morgan fingerprint density at radius 2 is 1.44 bits per heavy atom. The number of rotatable bonds is 7. The van der Waals surface area contributed by atoms with E-state index in [4.69, 9.17) is 27.9 Å². The summed E-state index contributed by atoms with van der Waals surface area (Å²) in [5.74, 6) is 0.228. The zero-order chi connectivity index (χ0) is 25.1.